The third-order valence-corrected chi connectivity index (χ3v) is 7.78. The number of carbonyl (C=O) groups is 2. The van der Waals surface area contributed by atoms with E-state index in [1.165, 1.54) is 0 Å². The maximum absolute atomic E-state index is 14.8. The zero-order chi connectivity index (χ0) is 31.7. The zero-order valence-electron chi connectivity index (χ0n) is 24.4. The van der Waals surface area contributed by atoms with E-state index in [1.807, 2.05) is 54.6 Å². The lowest BCUT2D eigenvalue weighted by atomic mass is 9.64. The maximum atomic E-state index is 14.8. The van der Waals surface area contributed by atoms with Crippen molar-refractivity contribution in [1.82, 2.24) is 0 Å². The van der Waals surface area contributed by atoms with Crippen LogP contribution in [-0.4, -0.2) is 23.8 Å². The van der Waals surface area contributed by atoms with Gasteiger partial charge < -0.3 is 4.74 Å². The smallest absolute Gasteiger partial charge is 0.421 e. The van der Waals surface area contributed by atoms with E-state index in [0.717, 1.165) is 22.1 Å². The Bertz CT molecular complexity index is 1690. The lowest BCUT2D eigenvalue weighted by molar-refractivity contribution is -0.123. The van der Waals surface area contributed by atoms with Crippen LogP contribution in [0.3, 0.4) is 0 Å². The first-order valence-electron chi connectivity index (χ1n) is 14.1. The van der Waals surface area contributed by atoms with E-state index >= 15 is 0 Å². The van der Waals surface area contributed by atoms with Crippen LogP contribution < -0.4 is 4.90 Å². The summed E-state index contributed by atoms with van der Waals surface area (Å²) in [5.41, 5.74) is 1.14. The number of halogens is 4. The van der Waals surface area contributed by atoms with E-state index in [-0.39, 0.29) is 18.2 Å². The van der Waals surface area contributed by atoms with Crippen LogP contribution in [0.5, 0.6) is 0 Å². The first kappa shape index (κ1) is 31.1. The van der Waals surface area contributed by atoms with Gasteiger partial charge in [-0.25, -0.2) is 9.69 Å². The molecule has 1 aliphatic rings. The number of imide groups is 1. The Labute approximate surface area is 259 Å². The summed E-state index contributed by atoms with van der Waals surface area (Å²) in [5.74, 6) is -1.84. The number of amides is 2. The number of carbonyl (C=O) groups excluding carboxylic acids is 2. The average Bonchev–Trinajstić information content (AvgIpc) is 3.20. The molecule has 4 aromatic carbocycles. The predicted molar refractivity (Wildman–Crippen MR) is 167 cm³/mol. The van der Waals surface area contributed by atoms with Crippen LogP contribution in [0.1, 0.15) is 43.4 Å². The summed E-state index contributed by atoms with van der Waals surface area (Å²) in [5, 5.41) is 0.304. The number of para-hydroxylation sites is 1. The molecular formula is C36H31ClF3NO3. The average molecular weight is 618 g/mol. The molecule has 0 N–H and O–H groups in total. The largest absolute Gasteiger partial charge is 0.443 e. The summed E-state index contributed by atoms with van der Waals surface area (Å²) in [6, 6.07) is 30.4. The third-order valence-electron chi connectivity index (χ3n) is 7.55. The zero-order valence-corrected chi connectivity index (χ0v) is 25.2. The van der Waals surface area contributed by atoms with Crippen molar-refractivity contribution in [2.45, 2.75) is 50.3 Å². The molecular weight excluding hydrogens is 587 g/mol. The Morgan fingerprint density at radius 2 is 1.52 bits per heavy atom. The fraction of sp³-hybridized carbons (Fsp3) is 0.222. The molecule has 0 spiro atoms. The van der Waals surface area contributed by atoms with E-state index in [2.05, 4.69) is 0 Å². The lowest BCUT2D eigenvalue weighted by Gasteiger charge is -2.36. The van der Waals surface area contributed by atoms with Gasteiger partial charge in [0.05, 0.1) is 11.1 Å². The molecule has 44 heavy (non-hydrogen) atoms. The van der Waals surface area contributed by atoms with Gasteiger partial charge in [-0.3, -0.25) is 4.79 Å². The van der Waals surface area contributed by atoms with E-state index in [9.17, 15) is 22.8 Å². The number of hydrogen-bond acceptors (Lipinski definition) is 3. The van der Waals surface area contributed by atoms with Crippen molar-refractivity contribution < 1.29 is 27.5 Å². The third kappa shape index (κ3) is 6.43. The minimum absolute atomic E-state index is 0.00338. The molecule has 0 saturated heterocycles. The van der Waals surface area contributed by atoms with Gasteiger partial charge in [-0.15, -0.1) is 0 Å². The van der Waals surface area contributed by atoms with Crippen molar-refractivity contribution in [3.8, 4) is 11.1 Å². The van der Waals surface area contributed by atoms with Crippen LogP contribution in [0, 0.1) is 0 Å². The first-order chi connectivity index (χ1) is 20.8. The highest BCUT2D eigenvalue weighted by atomic mass is 35.5. The van der Waals surface area contributed by atoms with Gasteiger partial charge in [0, 0.05) is 17.0 Å². The summed E-state index contributed by atoms with van der Waals surface area (Å²) in [7, 11) is 0. The molecule has 0 radical (unpaired) electrons. The number of nitrogens with zero attached hydrogens (tertiary/aromatic N) is 1. The second-order valence-electron chi connectivity index (χ2n) is 11.8. The van der Waals surface area contributed by atoms with Gasteiger partial charge in [-0.1, -0.05) is 103 Å². The Balaban J connectivity index is 1.73. The second-order valence-corrected chi connectivity index (χ2v) is 12.2. The Kier molecular flexibility index (Phi) is 8.45. The number of ether oxygens (including phenoxy) is 1. The van der Waals surface area contributed by atoms with Crippen LogP contribution in [-0.2, 0) is 21.4 Å². The number of anilines is 1. The van der Waals surface area contributed by atoms with Crippen LogP contribution in [0.2, 0.25) is 5.02 Å². The van der Waals surface area contributed by atoms with Gasteiger partial charge >= 0.3 is 12.3 Å². The maximum Gasteiger partial charge on any atom is 0.421 e. The molecule has 2 atom stereocenters. The summed E-state index contributed by atoms with van der Waals surface area (Å²) in [6.07, 6.45) is -4.42. The van der Waals surface area contributed by atoms with E-state index < -0.39 is 35.1 Å². The van der Waals surface area contributed by atoms with Crippen molar-refractivity contribution in [3.63, 3.8) is 0 Å². The number of hydrogen-bond donors (Lipinski definition) is 0. The molecule has 4 nitrogen and oxygen atoms in total. The number of benzene rings is 4. The van der Waals surface area contributed by atoms with Gasteiger partial charge in [0.1, 0.15) is 5.60 Å². The summed E-state index contributed by atoms with van der Waals surface area (Å²) in [4.78, 5) is 29.3. The SMILES string of the molecule is CC(C)(C)OC(=O)N1C(=O)C(Cc2ccc(-c3ccccc3)cc2)(C(/C=C/C(F)(F)F)c2cccc(Cl)c2)c2ccccc21. The molecule has 0 aliphatic carbocycles. The molecule has 8 heteroatoms. The molecule has 4 aromatic rings. The highest BCUT2D eigenvalue weighted by molar-refractivity contribution is 6.30. The van der Waals surface area contributed by atoms with Gasteiger partial charge in [-0.2, -0.15) is 13.2 Å². The van der Waals surface area contributed by atoms with Crippen LogP contribution in [0.25, 0.3) is 11.1 Å². The van der Waals surface area contributed by atoms with E-state index in [4.69, 9.17) is 16.3 Å². The molecule has 1 aliphatic heterocycles. The fourth-order valence-corrected chi connectivity index (χ4v) is 5.97. The van der Waals surface area contributed by atoms with Crippen molar-refractivity contribution in [1.29, 1.82) is 0 Å². The van der Waals surface area contributed by atoms with Crippen LogP contribution in [0.15, 0.2) is 115 Å². The Morgan fingerprint density at radius 1 is 0.886 bits per heavy atom. The minimum Gasteiger partial charge on any atom is -0.443 e. The number of allylic oxidation sites excluding steroid dienone is 2. The molecule has 0 fully saturated rings. The van der Waals surface area contributed by atoms with Crippen molar-refractivity contribution in [3.05, 3.63) is 137 Å². The summed E-state index contributed by atoms with van der Waals surface area (Å²) < 4.78 is 46.9. The van der Waals surface area contributed by atoms with Crippen molar-refractivity contribution in [2.75, 3.05) is 4.90 Å². The standard InChI is InChI=1S/C36H31ClF3NO3/c1-34(2,3)44-33(43)41-31-15-8-7-14-30(31)35(32(41)42,23-24-16-18-26(19-17-24)25-10-5-4-6-11-25)29(20-21-36(38,39)40)27-12-9-13-28(37)22-27/h4-22,29H,23H2,1-3H3/b21-20+. The summed E-state index contributed by atoms with van der Waals surface area (Å²) >= 11 is 6.34. The number of rotatable bonds is 6. The quantitative estimate of drug-likeness (QED) is 0.202. The van der Waals surface area contributed by atoms with Gasteiger partial charge in [0.2, 0.25) is 5.91 Å². The monoisotopic (exact) mass is 617 g/mol. The molecule has 226 valence electrons. The summed E-state index contributed by atoms with van der Waals surface area (Å²) in [6.45, 7) is 5.04. The number of alkyl halides is 3. The molecule has 0 aromatic heterocycles. The van der Waals surface area contributed by atoms with Gasteiger partial charge in [0.15, 0.2) is 0 Å². The topological polar surface area (TPSA) is 46.6 Å². The lowest BCUT2D eigenvalue weighted by Crippen LogP contribution is -2.49. The Hall–Kier alpha value is -4.36. The molecule has 1 heterocycles. The van der Waals surface area contributed by atoms with Crippen molar-refractivity contribution in [2.24, 2.45) is 0 Å². The molecule has 5 rings (SSSR count). The predicted octanol–water partition coefficient (Wildman–Crippen LogP) is 9.67. The van der Waals surface area contributed by atoms with Crippen molar-refractivity contribution >= 4 is 29.3 Å². The fourth-order valence-electron chi connectivity index (χ4n) is 5.77. The minimum atomic E-state index is -4.65. The molecule has 0 bridgehead atoms. The second kappa shape index (κ2) is 12.0. The molecule has 2 amide bonds. The van der Waals surface area contributed by atoms with E-state index in [0.29, 0.717) is 21.7 Å². The molecule has 0 saturated carbocycles. The molecule has 2 unspecified atom stereocenters. The van der Waals surface area contributed by atoms with Gasteiger partial charge in [-0.05, 0) is 73.2 Å². The van der Waals surface area contributed by atoms with E-state index in [1.54, 1.807) is 69.3 Å². The normalized spacial score (nSPS) is 17.5. The highest BCUT2D eigenvalue weighted by Gasteiger charge is 2.57. The number of fused-ring (bicyclic) bond motifs is 1. The Morgan fingerprint density at radius 3 is 2.16 bits per heavy atom. The highest BCUT2D eigenvalue weighted by Crippen LogP contribution is 2.53. The van der Waals surface area contributed by atoms with Gasteiger partial charge in [0.25, 0.3) is 0 Å². The van der Waals surface area contributed by atoms with Crippen LogP contribution in [0.4, 0.5) is 23.7 Å². The first-order valence-corrected chi connectivity index (χ1v) is 14.5. The van der Waals surface area contributed by atoms with Crippen LogP contribution >= 0.6 is 11.6 Å².